The number of nitriles is 1. The molecule has 0 spiro atoms. The third kappa shape index (κ3) is 3.96. The Morgan fingerprint density at radius 2 is 1.92 bits per heavy atom. The summed E-state index contributed by atoms with van der Waals surface area (Å²) in [5.74, 6) is 0.568. The summed E-state index contributed by atoms with van der Waals surface area (Å²) >= 11 is 3.07. The molecule has 0 aliphatic carbocycles. The van der Waals surface area contributed by atoms with Crippen molar-refractivity contribution >= 4 is 39.2 Å². The van der Waals surface area contributed by atoms with Crippen LogP contribution in [0.2, 0.25) is 0 Å². The molecule has 25 heavy (non-hydrogen) atoms. The molecule has 2 aromatic heterocycles. The molecule has 0 radical (unpaired) electrons. The fraction of sp³-hybridized carbons (Fsp3) is 0.556. The van der Waals surface area contributed by atoms with E-state index in [9.17, 15) is 10.1 Å². The van der Waals surface area contributed by atoms with Gasteiger partial charge in [-0.05, 0) is 46.1 Å². The van der Waals surface area contributed by atoms with E-state index in [4.69, 9.17) is 0 Å². The summed E-state index contributed by atoms with van der Waals surface area (Å²) in [6.45, 7) is 13.5. The van der Waals surface area contributed by atoms with Crippen molar-refractivity contribution in [1.82, 2.24) is 15.3 Å². The van der Waals surface area contributed by atoms with Crippen molar-refractivity contribution in [2.45, 2.75) is 64.3 Å². The van der Waals surface area contributed by atoms with Gasteiger partial charge in [0.05, 0.1) is 11.3 Å². The van der Waals surface area contributed by atoms with E-state index in [-0.39, 0.29) is 17.1 Å². The number of rotatable bonds is 5. The average Bonchev–Trinajstić information content (AvgIpc) is 2.81. The first-order valence-electron chi connectivity index (χ1n) is 8.23. The number of fused-ring (bicyclic) bond motifs is 1. The third-order valence-corrected chi connectivity index (χ3v) is 6.72. The van der Waals surface area contributed by atoms with Crippen molar-refractivity contribution in [1.29, 1.82) is 5.26 Å². The molecule has 2 heterocycles. The Morgan fingerprint density at radius 3 is 2.48 bits per heavy atom. The van der Waals surface area contributed by atoms with E-state index in [1.807, 2.05) is 27.7 Å². The van der Waals surface area contributed by atoms with Gasteiger partial charge in [0.15, 0.2) is 0 Å². The zero-order chi connectivity index (χ0) is 18.9. The molecule has 0 unspecified atom stereocenters. The molecule has 0 aliphatic heterocycles. The predicted octanol–water partition coefficient (Wildman–Crippen LogP) is 4.15. The molecular formula is C18H24N4OS2. The predicted molar refractivity (Wildman–Crippen MR) is 104 cm³/mol. The molecule has 0 fully saturated rings. The third-order valence-electron chi connectivity index (χ3n) is 4.53. The highest BCUT2D eigenvalue weighted by atomic mass is 32.2. The van der Waals surface area contributed by atoms with Crippen molar-refractivity contribution in [3.63, 3.8) is 0 Å². The number of nitrogens with zero attached hydrogens (tertiary/aromatic N) is 3. The van der Waals surface area contributed by atoms with E-state index in [1.54, 1.807) is 18.3 Å². The van der Waals surface area contributed by atoms with Gasteiger partial charge in [0, 0.05) is 10.3 Å². The summed E-state index contributed by atoms with van der Waals surface area (Å²) in [6.07, 6.45) is 0. The number of nitrogens with one attached hydrogen (secondary N) is 1. The van der Waals surface area contributed by atoms with Gasteiger partial charge in [-0.25, -0.2) is 9.97 Å². The van der Waals surface area contributed by atoms with Crippen LogP contribution in [0.3, 0.4) is 0 Å². The second kappa shape index (κ2) is 7.30. The van der Waals surface area contributed by atoms with Gasteiger partial charge in [0.1, 0.15) is 21.2 Å². The van der Waals surface area contributed by atoms with Gasteiger partial charge < -0.3 is 5.32 Å². The average molecular weight is 377 g/mol. The number of amides is 1. The fourth-order valence-electron chi connectivity index (χ4n) is 2.28. The molecule has 7 heteroatoms. The monoisotopic (exact) mass is 376 g/mol. The maximum atomic E-state index is 12.6. The summed E-state index contributed by atoms with van der Waals surface area (Å²) in [5, 5.41) is 13.8. The van der Waals surface area contributed by atoms with Gasteiger partial charge in [-0.2, -0.15) is 5.26 Å². The van der Waals surface area contributed by atoms with Gasteiger partial charge in [-0.15, -0.1) is 11.3 Å². The van der Waals surface area contributed by atoms with Gasteiger partial charge in [-0.3, -0.25) is 4.79 Å². The second-order valence-corrected chi connectivity index (χ2v) is 9.29. The first-order valence-corrected chi connectivity index (χ1v) is 9.93. The molecule has 2 atom stereocenters. The highest BCUT2D eigenvalue weighted by Gasteiger charge is 2.32. The Labute approximate surface area is 157 Å². The van der Waals surface area contributed by atoms with Crippen LogP contribution in [-0.2, 0) is 4.79 Å². The maximum Gasteiger partial charge on any atom is 0.234 e. The van der Waals surface area contributed by atoms with Crippen LogP contribution in [0.15, 0.2) is 5.03 Å². The minimum Gasteiger partial charge on any atom is -0.337 e. The molecule has 0 aromatic carbocycles. The lowest BCUT2D eigenvalue weighted by atomic mass is 9.90. The van der Waals surface area contributed by atoms with E-state index in [1.165, 1.54) is 22.2 Å². The summed E-state index contributed by atoms with van der Waals surface area (Å²) in [6, 6.07) is 2.21. The van der Waals surface area contributed by atoms with Crippen molar-refractivity contribution in [2.75, 3.05) is 0 Å². The van der Waals surface area contributed by atoms with Crippen LogP contribution in [0.5, 0.6) is 0 Å². The number of hydrogen-bond donors (Lipinski definition) is 1. The molecule has 0 aliphatic rings. The Hall–Kier alpha value is -1.65. The van der Waals surface area contributed by atoms with Crippen LogP contribution in [0, 0.1) is 38.0 Å². The van der Waals surface area contributed by atoms with Gasteiger partial charge in [0.25, 0.3) is 0 Å². The molecule has 1 N–H and O–H groups in total. The Bertz CT molecular complexity index is 853. The standard InChI is InChI=1S/C18H24N4OS2/c1-9(2)18(7,8-19)22-15(23)12(5)25-17-14-10(3)11(4)24-16(14)20-13(6)21-17/h9,12H,1-7H3,(H,22,23)/t12-,18-/m1/s1. The van der Waals surface area contributed by atoms with Crippen molar-refractivity contribution in [3.05, 3.63) is 16.3 Å². The fourth-order valence-corrected chi connectivity index (χ4v) is 4.47. The van der Waals surface area contributed by atoms with E-state index in [2.05, 4.69) is 35.2 Å². The van der Waals surface area contributed by atoms with Gasteiger partial charge in [-0.1, -0.05) is 25.6 Å². The van der Waals surface area contributed by atoms with Crippen molar-refractivity contribution in [3.8, 4) is 6.07 Å². The molecule has 0 saturated heterocycles. The van der Waals surface area contributed by atoms with Crippen molar-refractivity contribution < 1.29 is 4.79 Å². The van der Waals surface area contributed by atoms with Gasteiger partial charge >= 0.3 is 0 Å². The molecule has 2 aromatic rings. The summed E-state index contributed by atoms with van der Waals surface area (Å²) in [5.41, 5.74) is 0.289. The molecule has 2 rings (SSSR count). The Kier molecular flexibility index (Phi) is 5.75. The van der Waals surface area contributed by atoms with E-state index >= 15 is 0 Å². The Balaban J connectivity index is 2.29. The summed E-state index contributed by atoms with van der Waals surface area (Å²) in [4.78, 5) is 23.9. The lowest BCUT2D eigenvalue weighted by molar-refractivity contribution is -0.121. The molecule has 134 valence electrons. The highest BCUT2D eigenvalue weighted by Crippen LogP contribution is 2.36. The summed E-state index contributed by atoms with van der Waals surface area (Å²) < 4.78 is 0. The second-order valence-electron chi connectivity index (χ2n) is 6.76. The van der Waals surface area contributed by atoms with E-state index in [0.29, 0.717) is 5.82 Å². The topological polar surface area (TPSA) is 78.7 Å². The number of hydrogen-bond acceptors (Lipinski definition) is 6. The van der Waals surface area contributed by atoms with Crippen LogP contribution < -0.4 is 5.32 Å². The molecule has 1 amide bonds. The van der Waals surface area contributed by atoms with E-state index in [0.717, 1.165) is 15.2 Å². The first kappa shape index (κ1) is 19.7. The SMILES string of the molecule is Cc1nc(S[C@H](C)C(=O)N[C@](C)(C#N)C(C)C)c2c(C)c(C)sc2n1. The smallest absolute Gasteiger partial charge is 0.234 e. The molecule has 0 saturated carbocycles. The molecule has 0 bridgehead atoms. The van der Waals surface area contributed by atoms with Crippen LogP contribution in [0.25, 0.3) is 10.2 Å². The summed E-state index contributed by atoms with van der Waals surface area (Å²) in [7, 11) is 0. The van der Waals surface area contributed by atoms with Crippen molar-refractivity contribution in [2.24, 2.45) is 5.92 Å². The lowest BCUT2D eigenvalue weighted by Gasteiger charge is -2.28. The number of aryl methyl sites for hydroxylation is 3. The number of thiophene rings is 1. The van der Waals surface area contributed by atoms with Gasteiger partial charge in [0.2, 0.25) is 5.91 Å². The minimum atomic E-state index is -0.877. The van der Waals surface area contributed by atoms with Crippen LogP contribution in [-0.4, -0.2) is 26.7 Å². The Morgan fingerprint density at radius 1 is 1.28 bits per heavy atom. The van der Waals surface area contributed by atoms with E-state index < -0.39 is 5.54 Å². The van der Waals surface area contributed by atoms with Crippen LogP contribution in [0.4, 0.5) is 0 Å². The zero-order valence-corrected chi connectivity index (χ0v) is 17.4. The normalized spacial score (nSPS) is 15.0. The first-order chi connectivity index (χ1) is 11.6. The molecule has 5 nitrogen and oxygen atoms in total. The maximum absolute atomic E-state index is 12.6. The minimum absolute atomic E-state index is 0.0217. The number of carbonyl (C=O) groups is 1. The van der Waals surface area contributed by atoms with Crippen LogP contribution in [0.1, 0.15) is 44.0 Å². The molecular weight excluding hydrogens is 352 g/mol. The largest absolute Gasteiger partial charge is 0.337 e. The highest BCUT2D eigenvalue weighted by molar-refractivity contribution is 8.00. The zero-order valence-electron chi connectivity index (χ0n) is 15.7. The van der Waals surface area contributed by atoms with Crippen LogP contribution >= 0.6 is 23.1 Å². The lowest BCUT2D eigenvalue weighted by Crippen LogP contribution is -2.51. The number of carbonyl (C=O) groups excluding carboxylic acids is 1. The number of thioether (sulfide) groups is 1. The number of aromatic nitrogens is 2. The quantitative estimate of drug-likeness (QED) is 0.626.